The fourth-order valence-electron chi connectivity index (χ4n) is 20.1. The molecule has 6 heteroatoms. The molecule has 0 saturated heterocycles. The van der Waals surface area contributed by atoms with Gasteiger partial charge in [0.25, 0.3) is 0 Å². The van der Waals surface area contributed by atoms with Crippen LogP contribution in [0.25, 0.3) is 160 Å². The zero-order valence-electron chi connectivity index (χ0n) is 69.0. The van der Waals surface area contributed by atoms with E-state index in [1.807, 2.05) is 0 Å². The number of benzene rings is 19. The lowest BCUT2D eigenvalue weighted by Gasteiger charge is -2.30. The lowest BCUT2D eigenvalue weighted by Crippen LogP contribution is -2.28. The van der Waals surface area contributed by atoms with Gasteiger partial charge in [-0.05, 0) is 236 Å². The Morgan fingerprint density at radius 1 is 0.183 bits per heavy atom. The van der Waals surface area contributed by atoms with E-state index >= 15 is 0 Å². The van der Waals surface area contributed by atoms with Crippen molar-refractivity contribution in [1.29, 1.82) is 0 Å². The fourth-order valence-corrected chi connectivity index (χ4v) is 20.1. The minimum Gasteiger partial charge on any atom is -0.333 e. The Morgan fingerprint density at radius 2 is 0.484 bits per heavy atom. The number of nitrogens with zero attached hydrogens (tertiary/aromatic N) is 6. The molecule has 1 aliphatic carbocycles. The van der Waals surface area contributed by atoms with E-state index in [4.69, 9.17) is 0 Å². The number of allylic oxidation sites excluding steroid dienone is 2. The van der Waals surface area contributed by atoms with Crippen molar-refractivity contribution >= 4 is 111 Å². The van der Waals surface area contributed by atoms with Crippen LogP contribution in [0.15, 0.2) is 485 Å². The summed E-state index contributed by atoms with van der Waals surface area (Å²) in [6.07, 6.45) is 9.09. The monoisotopic (exact) mass is 1610 g/mol. The van der Waals surface area contributed by atoms with Gasteiger partial charge in [-0.3, -0.25) is 0 Å². The number of fused-ring (bicyclic) bond motifs is 12. The van der Waals surface area contributed by atoms with Crippen molar-refractivity contribution in [2.24, 2.45) is 0 Å². The van der Waals surface area contributed by atoms with Gasteiger partial charge in [0.1, 0.15) is 0 Å². The predicted octanol–water partition coefficient (Wildman–Crippen LogP) is 32.3. The molecule has 0 bridgehead atoms. The molecule has 1 aliphatic heterocycles. The standard InChI is InChI=1S/C120H82N6/c1-2-25-81(26-3-1)82-51-64-93(65-52-82)121(97-72-59-86(60-73-97)101-33-4-13-42-111(101)125-116-47-18-8-37-105(116)106-38-9-19-48-117(106)125)95-68-57-85(58-69-95)91-30-24-32-100(79-91)124-115-46-17-12-41-109(115)110-80-92(63-76-120(110)124)89-28-22-27-88(77-89)83-53-66-94(67-54-83)122(96-70-55-84(56-71-96)90-29-23-31-99(78-90)123-113-44-15-6-35-103(113)104-36-7-16-45-114(104)123)98-74-61-87(62-75-98)102-34-5-14-43-112(102)126-118-49-20-10-39-107(118)108-40-11-21-50-119(108)126/h1-80,105,116H. The van der Waals surface area contributed by atoms with Crippen LogP contribution in [-0.2, 0) is 0 Å². The van der Waals surface area contributed by atoms with Gasteiger partial charge < -0.3 is 28.4 Å². The van der Waals surface area contributed by atoms with Crippen LogP contribution in [0, 0.1) is 0 Å². The summed E-state index contributed by atoms with van der Waals surface area (Å²) in [7, 11) is 0. The highest BCUT2D eigenvalue weighted by Crippen LogP contribution is 2.52. The lowest BCUT2D eigenvalue weighted by atomic mass is 9.91. The van der Waals surface area contributed by atoms with Crippen LogP contribution in [-0.4, -0.2) is 19.7 Å². The van der Waals surface area contributed by atoms with Crippen molar-refractivity contribution in [2.45, 2.75) is 12.0 Å². The number of aromatic nitrogens is 3. The van der Waals surface area contributed by atoms with Crippen LogP contribution in [0.3, 0.4) is 0 Å². The number of hydrogen-bond donors (Lipinski definition) is 0. The molecule has 0 amide bonds. The fraction of sp³-hybridized carbons (Fsp3) is 0.0167. The first-order valence-electron chi connectivity index (χ1n) is 43.5. The highest BCUT2D eigenvalue weighted by atomic mass is 15.2. The van der Waals surface area contributed by atoms with E-state index in [9.17, 15) is 0 Å². The Hall–Kier alpha value is -16.5. The van der Waals surface area contributed by atoms with Crippen LogP contribution < -0.4 is 14.7 Å². The summed E-state index contributed by atoms with van der Waals surface area (Å²) in [5.41, 5.74) is 36.9. The van der Waals surface area contributed by atoms with Crippen molar-refractivity contribution in [3.8, 4) is 95.0 Å². The maximum atomic E-state index is 2.54. The highest BCUT2D eigenvalue weighted by Gasteiger charge is 2.38. The minimum atomic E-state index is 0.205. The topological polar surface area (TPSA) is 24.5 Å². The first-order chi connectivity index (χ1) is 62.5. The molecule has 592 valence electrons. The molecule has 19 aromatic carbocycles. The normalized spacial score (nSPS) is 13.5. The second-order valence-electron chi connectivity index (χ2n) is 33.1. The number of para-hydroxylation sites is 8. The molecule has 4 heterocycles. The molecule has 126 heavy (non-hydrogen) atoms. The summed E-state index contributed by atoms with van der Waals surface area (Å²) >= 11 is 0. The third-order valence-corrected chi connectivity index (χ3v) is 26.0. The van der Waals surface area contributed by atoms with Crippen LogP contribution in [0.2, 0.25) is 0 Å². The smallest absolute Gasteiger partial charge is 0.0629 e. The summed E-state index contributed by atoms with van der Waals surface area (Å²) in [6.45, 7) is 0. The van der Waals surface area contributed by atoms with Crippen LogP contribution in [0.5, 0.6) is 0 Å². The van der Waals surface area contributed by atoms with Crippen LogP contribution in [0.1, 0.15) is 11.5 Å². The lowest BCUT2D eigenvalue weighted by molar-refractivity contribution is 0.745. The Kier molecular flexibility index (Phi) is 18.0. The number of anilines is 8. The zero-order valence-corrected chi connectivity index (χ0v) is 69.0. The maximum absolute atomic E-state index is 2.54. The Balaban J connectivity index is 0.532. The van der Waals surface area contributed by atoms with Crippen molar-refractivity contribution < 1.29 is 0 Å². The summed E-state index contributed by atoms with van der Waals surface area (Å²) in [5.74, 6) is 0.302. The molecule has 0 saturated carbocycles. The Morgan fingerprint density at radius 3 is 0.952 bits per heavy atom. The molecule has 0 fully saturated rings. The largest absolute Gasteiger partial charge is 0.333 e. The van der Waals surface area contributed by atoms with Crippen LogP contribution >= 0.6 is 0 Å². The molecular weight excluding hydrogens is 1530 g/mol. The molecule has 2 atom stereocenters. The third kappa shape index (κ3) is 12.7. The van der Waals surface area contributed by atoms with Gasteiger partial charge in [0, 0.05) is 106 Å². The first kappa shape index (κ1) is 73.4. The second-order valence-corrected chi connectivity index (χ2v) is 33.1. The molecule has 6 nitrogen and oxygen atoms in total. The number of hydrogen-bond acceptors (Lipinski definition) is 3. The summed E-state index contributed by atoms with van der Waals surface area (Å²) < 4.78 is 7.25. The molecule has 22 aromatic rings. The van der Waals surface area contributed by atoms with E-state index in [2.05, 4.69) is 514 Å². The molecule has 2 unspecified atom stereocenters. The molecule has 0 radical (unpaired) electrons. The van der Waals surface area contributed by atoms with E-state index < -0.39 is 0 Å². The zero-order chi connectivity index (χ0) is 83.1. The molecule has 24 rings (SSSR count). The minimum absolute atomic E-state index is 0.205. The van der Waals surface area contributed by atoms with Crippen molar-refractivity contribution in [3.05, 3.63) is 491 Å². The average molecular weight is 1610 g/mol. The van der Waals surface area contributed by atoms with E-state index in [1.54, 1.807) is 0 Å². The van der Waals surface area contributed by atoms with Gasteiger partial charge in [-0.25, -0.2) is 0 Å². The quantitative estimate of drug-likeness (QED) is 0.0908. The summed E-state index contributed by atoms with van der Waals surface area (Å²) in [4.78, 5) is 7.30. The molecule has 2 aliphatic rings. The third-order valence-electron chi connectivity index (χ3n) is 26.0. The van der Waals surface area contributed by atoms with Crippen molar-refractivity contribution in [3.63, 3.8) is 0 Å². The van der Waals surface area contributed by atoms with Crippen molar-refractivity contribution in [1.82, 2.24) is 13.7 Å². The van der Waals surface area contributed by atoms with Gasteiger partial charge in [0.05, 0.1) is 44.8 Å². The molecule has 0 N–H and O–H groups in total. The summed E-state index contributed by atoms with van der Waals surface area (Å²) in [6, 6.07) is 170. The van der Waals surface area contributed by atoms with E-state index in [1.165, 1.54) is 93.6 Å². The first-order valence-corrected chi connectivity index (χ1v) is 43.5. The van der Waals surface area contributed by atoms with Gasteiger partial charge in [0.2, 0.25) is 0 Å². The van der Waals surface area contributed by atoms with E-state index in [0.29, 0.717) is 5.92 Å². The van der Waals surface area contributed by atoms with Gasteiger partial charge in [-0.1, -0.05) is 322 Å². The number of rotatable bonds is 17. The highest BCUT2D eigenvalue weighted by molar-refractivity contribution is 6.13. The van der Waals surface area contributed by atoms with Gasteiger partial charge in [-0.15, -0.1) is 0 Å². The molecular formula is C120H82N6. The van der Waals surface area contributed by atoms with E-state index in [-0.39, 0.29) is 6.04 Å². The SMILES string of the molecule is C1=CC2c3ccccc3N(c3ccccc3-c3ccc(N(c4ccc(-c5ccccc5)cc4)c4ccc(-c5cccc(-n6c7ccccc7c7cc(-c8cccc(-c9ccc(N(c%10ccc(-c%11cccc(-n%12c%13ccccc%13c%13ccccc%13%12)c%11)cc%10)c%10ccc(-c%11ccccc%11-n%11c%12ccccc%12c%12ccccc%12%11)cc%10)cc9)c8)ccc76)c5)cc4)cc3)C2C=C1. The van der Waals surface area contributed by atoms with E-state index in [0.717, 1.165) is 118 Å². The second kappa shape index (κ2) is 30.9. The van der Waals surface area contributed by atoms with Crippen molar-refractivity contribution in [2.75, 3.05) is 14.7 Å². The van der Waals surface area contributed by atoms with Gasteiger partial charge in [0.15, 0.2) is 0 Å². The van der Waals surface area contributed by atoms with Gasteiger partial charge >= 0.3 is 0 Å². The predicted molar refractivity (Wildman–Crippen MR) is 530 cm³/mol. The van der Waals surface area contributed by atoms with Crippen LogP contribution in [0.4, 0.5) is 45.5 Å². The molecule has 0 spiro atoms. The Labute approximate surface area is 732 Å². The average Bonchev–Trinajstić information content (AvgIpc) is 1.60. The molecule has 3 aromatic heterocycles. The maximum Gasteiger partial charge on any atom is 0.0629 e. The van der Waals surface area contributed by atoms with Gasteiger partial charge in [-0.2, -0.15) is 0 Å². The summed E-state index contributed by atoms with van der Waals surface area (Å²) in [5, 5.41) is 7.39. The Bertz CT molecular complexity index is 7900.